The van der Waals surface area contributed by atoms with Gasteiger partial charge < -0.3 is 30.1 Å². The Kier molecular flexibility index (Phi) is 7.33. The quantitative estimate of drug-likeness (QED) is 0.466. The molecule has 0 radical (unpaired) electrons. The molecule has 3 fully saturated rings. The first-order chi connectivity index (χ1) is 17.3. The molecular formula is C28H41N3O6. The fourth-order valence-electron chi connectivity index (χ4n) is 6.90. The number of benzene rings is 1. The Morgan fingerprint density at radius 3 is 2.43 bits per heavy atom. The summed E-state index contributed by atoms with van der Waals surface area (Å²) in [6.45, 7) is 12.5. The number of anilines is 1. The van der Waals surface area contributed by atoms with E-state index in [-0.39, 0.29) is 36.3 Å². The maximum absolute atomic E-state index is 13.8. The lowest BCUT2D eigenvalue weighted by molar-refractivity contribution is -0.142. The zero-order valence-electron chi connectivity index (χ0n) is 22.8. The highest BCUT2D eigenvalue weighted by atomic mass is 16.5. The van der Waals surface area contributed by atoms with Crippen molar-refractivity contribution in [2.45, 2.75) is 84.1 Å². The van der Waals surface area contributed by atoms with Crippen LogP contribution in [0.1, 0.15) is 60.8 Å². The lowest BCUT2D eigenvalue weighted by Crippen LogP contribution is -2.59. The van der Waals surface area contributed by atoms with E-state index >= 15 is 0 Å². The minimum absolute atomic E-state index is 0.0100. The van der Waals surface area contributed by atoms with Crippen molar-refractivity contribution < 1.29 is 29.0 Å². The molecular weight excluding hydrogens is 474 g/mol. The summed E-state index contributed by atoms with van der Waals surface area (Å²) in [5, 5.41) is 15.8. The number of β-amino-alcohol motifs (C(OH)–C–C–N with tert-alkyl or cyclic N) is 1. The second-order valence-electron chi connectivity index (χ2n) is 12.4. The van der Waals surface area contributed by atoms with Gasteiger partial charge in [-0.2, -0.15) is 0 Å². The summed E-state index contributed by atoms with van der Waals surface area (Å²) in [5.41, 5.74) is -1.01. The van der Waals surface area contributed by atoms with E-state index in [4.69, 9.17) is 9.47 Å². The van der Waals surface area contributed by atoms with Crippen LogP contribution in [0.15, 0.2) is 24.3 Å². The monoisotopic (exact) mass is 515 g/mol. The topological polar surface area (TPSA) is 117 Å². The Balaban J connectivity index is 1.58. The highest BCUT2D eigenvalue weighted by molar-refractivity contribution is 6.02. The van der Waals surface area contributed by atoms with E-state index in [9.17, 15) is 19.5 Å². The maximum Gasteiger partial charge on any atom is 0.246 e. The van der Waals surface area contributed by atoms with Crippen LogP contribution in [0, 0.1) is 17.3 Å². The highest BCUT2D eigenvalue weighted by Gasteiger charge is 2.74. The van der Waals surface area contributed by atoms with E-state index in [1.54, 1.807) is 24.3 Å². The summed E-state index contributed by atoms with van der Waals surface area (Å²) >= 11 is 0. The Morgan fingerprint density at radius 1 is 1.16 bits per heavy atom. The first kappa shape index (κ1) is 27.4. The largest absolute Gasteiger partial charge is 0.494 e. The number of ether oxygens (including phenoxy) is 2. The maximum atomic E-state index is 13.8. The van der Waals surface area contributed by atoms with Crippen LogP contribution in [0.2, 0.25) is 0 Å². The molecule has 0 saturated carbocycles. The van der Waals surface area contributed by atoms with Gasteiger partial charge in [0.15, 0.2) is 0 Å². The SMILES string of the molecule is CCOc1ccc(NC(=O)[C@@H]2[C@H]3C(=O)N(CCO)C(C(=O)NC(C)(C)CC(C)(C)C)C34CC[C@H]2O4)cc1. The number of hydrogen-bond donors (Lipinski definition) is 3. The third-order valence-electron chi connectivity index (χ3n) is 7.56. The Bertz CT molecular complexity index is 1030. The Hall–Kier alpha value is -2.65. The van der Waals surface area contributed by atoms with Crippen LogP contribution in [0.3, 0.4) is 0 Å². The van der Waals surface area contributed by atoms with Crippen molar-refractivity contribution in [2.75, 3.05) is 25.1 Å². The van der Waals surface area contributed by atoms with Crippen molar-refractivity contribution in [3.8, 4) is 5.75 Å². The molecule has 1 aromatic carbocycles. The van der Waals surface area contributed by atoms with Crippen LogP contribution in [0.5, 0.6) is 5.75 Å². The van der Waals surface area contributed by atoms with Gasteiger partial charge in [0.05, 0.1) is 31.2 Å². The lowest BCUT2D eigenvalue weighted by Gasteiger charge is -2.38. The number of carbonyl (C=O) groups excluding carboxylic acids is 3. The molecule has 9 heteroatoms. The van der Waals surface area contributed by atoms with E-state index in [2.05, 4.69) is 31.4 Å². The van der Waals surface area contributed by atoms with Crippen molar-refractivity contribution >= 4 is 23.4 Å². The van der Waals surface area contributed by atoms with E-state index < -0.39 is 35.1 Å². The molecule has 5 atom stereocenters. The number of fused-ring (bicyclic) bond motifs is 1. The van der Waals surface area contributed by atoms with Crippen LogP contribution in [-0.2, 0) is 19.1 Å². The first-order valence-electron chi connectivity index (χ1n) is 13.3. The molecule has 3 aliphatic rings. The molecule has 1 spiro atoms. The molecule has 3 N–H and O–H groups in total. The number of aliphatic hydroxyl groups is 1. The standard InChI is InChI=1S/C28H41N3O6/c1-7-36-18-10-8-17(9-11-18)29-23(33)20-19-12-13-28(37-19)21(20)25(35)31(14-15-32)22(28)24(34)30-27(5,6)16-26(2,3)4/h8-11,19-22,32H,7,12-16H2,1-6H3,(H,29,33)(H,30,34)/t19-,20+,21+,22?,28?/m1/s1. The number of hydrogen-bond acceptors (Lipinski definition) is 6. The lowest BCUT2D eigenvalue weighted by atomic mass is 9.70. The second kappa shape index (κ2) is 9.91. The number of amides is 3. The van der Waals surface area contributed by atoms with Gasteiger partial charge in [-0.1, -0.05) is 20.8 Å². The van der Waals surface area contributed by atoms with Gasteiger partial charge in [0.2, 0.25) is 17.7 Å². The van der Waals surface area contributed by atoms with Crippen molar-refractivity contribution in [3.63, 3.8) is 0 Å². The van der Waals surface area contributed by atoms with Crippen LogP contribution in [0.25, 0.3) is 0 Å². The number of nitrogens with one attached hydrogen (secondary N) is 2. The molecule has 0 aliphatic carbocycles. The van der Waals surface area contributed by atoms with E-state index in [0.29, 0.717) is 30.9 Å². The minimum Gasteiger partial charge on any atom is -0.494 e. The number of rotatable bonds is 9. The normalized spacial score (nSPS) is 28.8. The molecule has 1 aromatic rings. The number of likely N-dealkylation sites (tertiary alicyclic amines) is 1. The summed E-state index contributed by atoms with van der Waals surface area (Å²) in [6, 6.07) is 6.18. The molecule has 204 valence electrons. The van der Waals surface area contributed by atoms with Gasteiger partial charge >= 0.3 is 0 Å². The third-order valence-corrected chi connectivity index (χ3v) is 7.56. The summed E-state index contributed by atoms with van der Waals surface area (Å²) in [5.74, 6) is -1.69. The average Bonchev–Trinajstić information content (AvgIpc) is 3.41. The van der Waals surface area contributed by atoms with Crippen molar-refractivity contribution in [1.29, 1.82) is 0 Å². The van der Waals surface area contributed by atoms with Gasteiger partial charge in [-0.3, -0.25) is 14.4 Å². The molecule has 37 heavy (non-hydrogen) atoms. The summed E-state index contributed by atoms with van der Waals surface area (Å²) in [4.78, 5) is 42.4. The number of carbonyl (C=O) groups is 3. The zero-order valence-corrected chi connectivity index (χ0v) is 22.8. The van der Waals surface area contributed by atoms with Gasteiger partial charge in [0, 0.05) is 17.8 Å². The van der Waals surface area contributed by atoms with Gasteiger partial charge in [0.1, 0.15) is 17.4 Å². The average molecular weight is 516 g/mol. The van der Waals surface area contributed by atoms with Gasteiger partial charge in [-0.25, -0.2) is 0 Å². The minimum atomic E-state index is -1.08. The molecule has 3 amide bonds. The van der Waals surface area contributed by atoms with Crippen LogP contribution in [-0.4, -0.2) is 70.8 Å². The number of nitrogens with zero attached hydrogens (tertiary/aromatic N) is 1. The second-order valence-corrected chi connectivity index (χ2v) is 12.4. The molecule has 3 saturated heterocycles. The summed E-state index contributed by atoms with van der Waals surface area (Å²) < 4.78 is 11.9. The van der Waals surface area contributed by atoms with Gasteiger partial charge in [-0.15, -0.1) is 0 Å². The van der Waals surface area contributed by atoms with Crippen LogP contribution < -0.4 is 15.4 Å². The van der Waals surface area contributed by atoms with Gasteiger partial charge in [0.25, 0.3) is 0 Å². The van der Waals surface area contributed by atoms with Crippen molar-refractivity contribution in [3.05, 3.63) is 24.3 Å². The summed E-state index contributed by atoms with van der Waals surface area (Å²) in [7, 11) is 0. The number of aliphatic hydroxyl groups excluding tert-OH is 1. The Labute approximate surface area is 219 Å². The predicted molar refractivity (Wildman–Crippen MR) is 139 cm³/mol. The Morgan fingerprint density at radius 2 is 1.84 bits per heavy atom. The fourth-order valence-corrected chi connectivity index (χ4v) is 6.90. The zero-order chi connectivity index (χ0) is 27.2. The van der Waals surface area contributed by atoms with E-state index in [1.807, 2.05) is 20.8 Å². The fraction of sp³-hybridized carbons (Fsp3) is 0.679. The van der Waals surface area contributed by atoms with Crippen LogP contribution >= 0.6 is 0 Å². The highest BCUT2D eigenvalue weighted by Crippen LogP contribution is 2.58. The third kappa shape index (κ3) is 5.21. The van der Waals surface area contributed by atoms with E-state index in [1.165, 1.54) is 4.90 Å². The smallest absolute Gasteiger partial charge is 0.246 e. The molecule has 9 nitrogen and oxygen atoms in total. The molecule has 2 bridgehead atoms. The van der Waals surface area contributed by atoms with Crippen molar-refractivity contribution in [1.82, 2.24) is 10.2 Å². The predicted octanol–water partition coefficient (Wildman–Crippen LogP) is 2.72. The van der Waals surface area contributed by atoms with Crippen molar-refractivity contribution in [2.24, 2.45) is 17.3 Å². The molecule has 4 rings (SSSR count). The summed E-state index contributed by atoms with van der Waals surface area (Å²) in [6.07, 6.45) is 1.40. The first-order valence-corrected chi connectivity index (χ1v) is 13.3. The van der Waals surface area contributed by atoms with Gasteiger partial charge in [-0.05, 0) is 69.7 Å². The van der Waals surface area contributed by atoms with E-state index in [0.717, 1.165) is 6.42 Å². The molecule has 3 aliphatic heterocycles. The molecule has 0 aromatic heterocycles. The van der Waals surface area contributed by atoms with Crippen LogP contribution in [0.4, 0.5) is 5.69 Å². The molecule has 2 unspecified atom stereocenters. The molecule has 3 heterocycles.